The van der Waals surface area contributed by atoms with Crippen molar-refractivity contribution >= 4 is 33.9 Å². The summed E-state index contributed by atoms with van der Waals surface area (Å²) in [4.78, 5) is 38.0. The van der Waals surface area contributed by atoms with Crippen LogP contribution in [0.15, 0.2) is 66.0 Å². The summed E-state index contributed by atoms with van der Waals surface area (Å²) in [6.45, 7) is 1.52. The fourth-order valence-electron chi connectivity index (χ4n) is 7.14. The number of imidazole rings is 2. The average Bonchev–Trinajstić information content (AvgIpc) is 3.98. The molecule has 0 amide bonds. The van der Waals surface area contributed by atoms with Gasteiger partial charge < -0.3 is 23.6 Å². The van der Waals surface area contributed by atoms with E-state index >= 15 is 0 Å². The third-order valence-corrected chi connectivity index (χ3v) is 10.2. The van der Waals surface area contributed by atoms with Gasteiger partial charge in [-0.15, -0.1) is 0 Å². The van der Waals surface area contributed by atoms with E-state index in [9.17, 15) is 4.79 Å². The van der Waals surface area contributed by atoms with Gasteiger partial charge in [-0.2, -0.15) is 0 Å². The fourth-order valence-corrected chi connectivity index (χ4v) is 7.36. The van der Waals surface area contributed by atoms with Crippen LogP contribution < -0.4 is 15.0 Å². The zero-order chi connectivity index (χ0) is 34.5. The number of aryl methyl sites for hydroxylation is 4. The highest BCUT2D eigenvalue weighted by molar-refractivity contribution is 6.33. The number of hydrogen-bond donors (Lipinski definition) is 1. The molecule has 2 saturated carbocycles. The number of halogens is 1. The fraction of sp³-hybridized carbons (Fsp3) is 0.421. The third-order valence-electron chi connectivity index (χ3n) is 9.94. The molecule has 8 rings (SSSR count). The number of aromatic amines is 1. The number of nitrogens with one attached hydrogen (secondary N) is 1. The van der Waals surface area contributed by atoms with Gasteiger partial charge in [0.1, 0.15) is 28.7 Å². The molecular weight excluding hydrogens is 652 g/mol. The first-order chi connectivity index (χ1) is 24.5. The molecule has 0 aliphatic heterocycles. The highest BCUT2D eigenvalue weighted by Crippen LogP contribution is 2.34. The second-order valence-corrected chi connectivity index (χ2v) is 13.6. The van der Waals surface area contributed by atoms with Crippen molar-refractivity contribution in [3.05, 3.63) is 99.5 Å². The van der Waals surface area contributed by atoms with E-state index in [-0.39, 0.29) is 5.56 Å². The van der Waals surface area contributed by atoms with Crippen LogP contribution in [-0.2, 0) is 25.9 Å². The van der Waals surface area contributed by atoms with E-state index in [4.69, 9.17) is 31.0 Å². The van der Waals surface area contributed by atoms with Crippen molar-refractivity contribution in [2.45, 2.75) is 89.1 Å². The van der Waals surface area contributed by atoms with E-state index in [0.717, 1.165) is 80.4 Å². The van der Waals surface area contributed by atoms with Crippen LogP contribution in [0.5, 0.6) is 11.5 Å². The topological polar surface area (TPSA) is 126 Å². The van der Waals surface area contributed by atoms with E-state index in [1.807, 2.05) is 41.2 Å². The second-order valence-electron chi connectivity index (χ2n) is 13.2. The van der Waals surface area contributed by atoms with Crippen LogP contribution in [0.1, 0.15) is 86.0 Å². The first kappa shape index (κ1) is 33.7. The van der Waals surface area contributed by atoms with Crippen molar-refractivity contribution in [2.24, 2.45) is 0 Å². The van der Waals surface area contributed by atoms with Gasteiger partial charge in [0.05, 0.1) is 26.9 Å². The maximum Gasteiger partial charge on any atom is 0.279 e. The largest absolute Gasteiger partial charge is 0.497 e. The zero-order valence-corrected chi connectivity index (χ0v) is 29.4. The molecule has 0 atom stereocenters. The molecule has 0 unspecified atom stereocenters. The third kappa shape index (κ3) is 7.52. The minimum Gasteiger partial charge on any atom is -0.497 e. The summed E-state index contributed by atoms with van der Waals surface area (Å²) in [6, 6.07) is 16.2. The Hall–Kier alpha value is -4.77. The standard InChI is InChI=1S/C19H21ClN4O.C19H22N4O2/c1-25-15-8-4-5-13(11-15)9-10-24-12-21-16-17(20)22-18(23-19(16)24)14-6-2-3-7-14;1-25-15-8-4-5-13(11-15)9-10-23-12-20-16-18(23)21-17(22-19(16)24)14-6-2-3-7-14/h4-5,8,11-12,14H,2-3,6-7,9-10H2,1H3;4-5,8,11-12,14H,2-3,6-7,9-10H2,1H3,(H,21,22,24). The Labute approximate surface area is 296 Å². The van der Waals surface area contributed by atoms with E-state index in [1.54, 1.807) is 20.5 Å². The maximum atomic E-state index is 12.3. The molecule has 0 bridgehead atoms. The summed E-state index contributed by atoms with van der Waals surface area (Å²) in [5.74, 6) is 4.23. The highest BCUT2D eigenvalue weighted by atomic mass is 35.5. The van der Waals surface area contributed by atoms with Gasteiger partial charge in [0.25, 0.3) is 5.56 Å². The molecule has 0 spiro atoms. The lowest BCUT2D eigenvalue weighted by Crippen LogP contribution is -2.15. The van der Waals surface area contributed by atoms with Crippen LogP contribution >= 0.6 is 11.6 Å². The van der Waals surface area contributed by atoms with Crippen LogP contribution in [0.3, 0.4) is 0 Å². The lowest BCUT2D eigenvalue weighted by Gasteiger charge is -2.10. The Bertz CT molecular complexity index is 2130. The van der Waals surface area contributed by atoms with Crippen LogP contribution in [0.25, 0.3) is 22.3 Å². The van der Waals surface area contributed by atoms with Gasteiger partial charge >= 0.3 is 0 Å². The number of H-pyrrole nitrogens is 1. The monoisotopic (exact) mass is 694 g/mol. The SMILES string of the molecule is COc1cccc(CCn2cnc3c(=O)[nH]c(C4CCCC4)nc32)c1.COc1cccc(CCn2cnc3c(Cl)nc(C4CCCC4)nc32)c1. The highest BCUT2D eigenvalue weighted by Gasteiger charge is 2.23. The average molecular weight is 695 g/mol. The van der Waals surface area contributed by atoms with Gasteiger partial charge in [0.2, 0.25) is 0 Å². The van der Waals surface area contributed by atoms with Gasteiger partial charge in [-0.25, -0.2) is 24.9 Å². The Kier molecular flexibility index (Phi) is 10.4. The summed E-state index contributed by atoms with van der Waals surface area (Å²) in [6.07, 6.45) is 14.7. The molecule has 2 aliphatic rings. The zero-order valence-electron chi connectivity index (χ0n) is 28.6. The number of ether oxygens (including phenoxy) is 2. The van der Waals surface area contributed by atoms with E-state index in [1.165, 1.54) is 36.8 Å². The number of hydrogen-bond acceptors (Lipinski definition) is 8. The van der Waals surface area contributed by atoms with Crippen molar-refractivity contribution in [1.29, 1.82) is 0 Å². The minimum absolute atomic E-state index is 0.132. The molecule has 6 aromatic rings. The van der Waals surface area contributed by atoms with Crippen LogP contribution in [0, 0.1) is 0 Å². The predicted molar refractivity (Wildman–Crippen MR) is 194 cm³/mol. The first-order valence-electron chi connectivity index (χ1n) is 17.6. The molecular formula is C38H43ClN8O3. The first-order valence-corrected chi connectivity index (χ1v) is 18.0. The molecule has 1 N–H and O–H groups in total. The maximum absolute atomic E-state index is 12.3. The van der Waals surface area contributed by atoms with Crippen molar-refractivity contribution in [2.75, 3.05) is 14.2 Å². The number of fused-ring (bicyclic) bond motifs is 2. The molecule has 2 aromatic carbocycles. The van der Waals surface area contributed by atoms with Crippen LogP contribution in [-0.4, -0.2) is 53.3 Å². The molecule has 11 nitrogen and oxygen atoms in total. The minimum atomic E-state index is -0.132. The van der Waals surface area contributed by atoms with E-state index in [2.05, 4.69) is 42.7 Å². The van der Waals surface area contributed by atoms with E-state index in [0.29, 0.717) is 33.7 Å². The summed E-state index contributed by atoms with van der Waals surface area (Å²) < 4.78 is 14.6. The van der Waals surface area contributed by atoms with Crippen molar-refractivity contribution in [3.8, 4) is 11.5 Å². The van der Waals surface area contributed by atoms with Gasteiger partial charge in [-0.1, -0.05) is 61.5 Å². The van der Waals surface area contributed by atoms with E-state index < -0.39 is 0 Å². The van der Waals surface area contributed by atoms with Gasteiger partial charge in [-0.05, 0) is 73.9 Å². The lowest BCUT2D eigenvalue weighted by molar-refractivity contribution is 0.414. The summed E-state index contributed by atoms with van der Waals surface area (Å²) >= 11 is 6.37. The van der Waals surface area contributed by atoms with Crippen LogP contribution in [0.4, 0.5) is 0 Å². The number of methoxy groups -OCH3 is 2. The number of benzene rings is 2. The van der Waals surface area contributed by atoms with Crippen molar-refractivity contribution in [3.63, 3.8) is 0 Å². The number of nitrogens with zero attached hydrogens (tertiary/aromatic N) is 7. The normalized spacial score (nSPS) is 15.1. The van der Waals surface area contributed by atoms with Gasteiger partial charge in [-0.3, -0.25) is 4.79 Å². The summed E-state index contributed by atoms with van der Waals surface area (Å²) in [5, 5.41) is 0.465. The van der Waals surface area contributed by atoms with Crippen molar-refractivity contribution < 1.29 is 9.47 Å². The molecule has 4 aromatic heterocycles. The number of aromatic nitrogens is 8. The lowest BCUT2D eigenvalue weighted by atomic mass is 10.1. The quantitative estimate of drug-likeness (QED) is 0.147. The Morgan fingerprint density at radius 3 is 1.86 bits per heavy atom. The Morgan fingerprint density at radius 2 is 1.28 bits per heavy atom. The summed E-state index contributed by atoms with van der Waals surface area (Å²) in [7, 11) is 3.36. The molecule has 12 heteroatoms. The molecule has 2 fully saturated rings. The number of rotatable bonds is 10. The molecule has 260 valence electrons. The smallest absolute Gasteiger partial charge is 0.279 e. The Balaban J connectivity index is 0.000000157. The van der Waals surface area contributed by atoms with Crippen molar-refractivity contribution in [1.82, 2.24) is 39.0 Å². The molecule has 4 heterocycles. The van der Waals surface area contributed by atoms with Gasteiger partial charge in [0.15, 0.2) is 22.0 Å². The molecule has 50 heavy (non-hydrogen) atoms. The Morgan fingerprint density at radius 1 is 0.740 bits per heavy atom. The van der Waals surface area contributed by atoms with Gasteiger partial charge in [0, 0.05) is 24.9 Å². The predicted octanol–water partition coefficient (Wildman–Crippen LogP) is 7.42. The van der Waals surface area contributed by atoms with Crippen LogP contribution in [0.2, 0.25) is 5.15 Å². The molecule has 2 aliphatic carbocycles. The summed E-state index contributed by atoms with van der Waals surface area (Å²) in [5.41, 5.74) is 4.91. The molecule has 0 saturated heterocycles. The second kappa shape index (κ2) is 15.4. The molecule has 0 radical (unpaired) electrons.